The van der Waals surface area contributed by atoms with Crippen LogP contribution in [0, 0.1) is 0 Å². The van der Waals surface area contributed by atoms with E-state index in [2.05, 4.69) is 47.8 Å². The lowest BCUT2D eigenvalue weighted by molar-refractivity contribution is -0.116. The van der Waals surface area contributed by atoms with Crippen molar-refractivity contribution in [2.75, 3.05) is 16.8 Å². The van der Waals surface area contributed by atoms with Crippen LogP contribution >= 0.6 is 47.8 Å². The summed E-state index contributed by atoms with van der Waals surface area (Å²) in [5.41, 5.74) is 5.23. The van der Waals surface area contributed by atoms with Crippen LogP contribution in [0.2, 0.25) is 0 Å². The summed E-state index contributed by atoms with van der Waals surface area (Å²) in [5.74, 6) is -1.68. The number of carboxylic acid groups (broad SMARTS) is 1. The van der Waals surface area contributed by atoms with Crippen LogP contribution in [0.15, 0.2) is 13.4 Å². The number of nitrogens with zero attached hydrogens (tertiary/aromatic N) is 2. The molecular formula is C13H14Br3N3O5. The van der Waals surface area contributed by atoms with Crippen LogP contribution in [0.5, 0.6) is 0 Å². The average Bonchev–Trinajstić information content (AvgIpc) is 2.41. The van der Waals surface area contributed by atoms with Crippen LogP contribution in [0.3, 0.4) is 0 Å². The quantitative estimate of drug-likeness (QED) is 0.515. The molecule has 8 nitrogen and oxygen atoms in total. The molecule has 0 aliphatic rings. The highest BCUT2D eigenvalue weighted by molar-refractivity contribution is 9.12. The van der Waals surface area contributed by atoms with Gasteiger partial charge in [-0.3, -0.25) is 9.69 Å². The summed E-state index contributed by atoms with van der Waals surface area (Å²) in [6.45, 7) is 2.59. The van der Waals surface area contributed by atoms with Crippen molar-refractivity contribution < 1.29 is 24.6 Å². The molecular weight excluding hydrogens is 518 g/mol. The summed E-state index contributed by atoms with van der Waals surface area (Å²) in [6.07, 6.45) is -1.34. The average molecular weight is 532 g/mol. The number of aliphatic hydroxyl groups is 1. The molecule has 0 saturated carbocycles. The molecule has 1 aromatic rings. The van der Waals surface area contributed by atoms with Gasteiger partial charge in [0.15, 0.2) is 0 Å². The van der Waals surface area contributed by atoms with E-state index >= 15 is 0 Å². The van der Waals surface area contributed by atoms with Gasteiger partial charge in [0.05, 0.1) is 30.4 Å². The third kappa shape index (κ3) is 3.73. The first-order valence-electron chi connectivity index (χ1n) is 6.38. The van der Waals surface area contributed by atoms with Crippen LogP contribution in [-0.2, 0) is 4.79 Å². The Hall–Kier alpha value is -1.17. The van der Waals surface area contributed by atoms with Gasteiger partial charge in [-0.25, -0.2) is 9.59 Å². The lowest BCUT2D eigenvalue weighted by Crippen LogP contribution is -2.43. The molecule has 1 atom stereocenters. The molecule has 0 aliphatic heterocycles. The molecule has 0 spiro atoms. The van der Waals surface area contributed by atoms with Gasteiger partial charge >= 0.3 is 12.0 Å². The molecule has 132 valence electrons. The van der Waals surface area contributed by atoms with E-state index in [9.17, 15) is 24.6 Å². The molecule has 0 saturated heterocycles. The second-order valence-corrected chi connectivity index (χ2v) is 7.12. The minimum atomic E-state index is -1.34. The Morgan fingerprint density at radius 3 is 1.88 bits per heavy atom. The number of benzene rings is 1. The lowest BCUT2D eigenvalue weighted by Gasteiger charge is -2.30. The van der Waals surface area contributed by atoms with E-state index in [1.54, 1.807) is 0 Å². The molecule has 1 unspecified atom stereocenters. The minimum absolute atomic E-state index is 0.00847. The number of hydrogen-bond donors (Lipinski definition) is 3. The van der Waals surface area contributed by atoms with Crippen LogP contribution in [0.4, 0.5) is 16.2 Å². The van der Waals surface area contributed by atoms with Gasteiger partial charge < -0.3 is 20.8 Å². The number of carbonyl (C=O) groups is 3. The van der Waals surface area contributed by atoms with E-state index in [0.717, 1.165) is 4.90 Å². The van der Waals surface area contributed by atoms with Crippen molar-refractivity contribution in [3.05, 3.63) is 19.0 Å². The first-order chi connectivity index (χ1) is 10.9. The normalized spacial score (nSPS) is 11.8. The van der Waals surface area contributed by atoms with E-state index in [-0.39, 0.29) is 36.3 Å². The molecule has 1 aromatic carbocycles. The van der Waals surface area contributed by atoms with Crippen molar-refractivity contribution in [3.8, 4) is 0 Å². The van der Waals surface area contributed by atoms with Gasteiger partial charge in [0.25, 0.3) is 0 Å². The molecule has 0 radical (unpaired) electrons. The molecule has 1 rings (SSSR count). The Kier molecular flexibility index (Phi) is 6.79. The number of urea groups is 1. The minimum Gasteiger partial charge on any atom is -0.478 e. The lowest BCUT2D eigenvalue weighted by atomic mass is 10.1. The Morgan fingerprint density at radius 1 is 1.08 bits per heavy atom. The number of nitrogens with two attached hydrogens (primary N) is 1. The standard InChI is InChI=1S/C13H14Br3N3O5/c1-4(20)18(3)10-7(14)6(12(22)23)8(15)11(9(10)16)19(5(2)21)13(17)24/h5,21H,1-3H3,(H2,17,24)(H,22,23). The largest absolute Gasteiger partial charge is 0.478 e. The summed E-state index contributed by atoms with van der Waals surface area (Å²) < 4.78 is 0.322. The number of aromatic carboxylic acids is 1. The predicted octanol–water partition coefficient (Wildman–Crippen LogP) is 2.88. The number of primary amides is 1. The Labute approximate surface area is 163 Å². The van der Waals surface area contributed by atoms with Crippen LogP contribution in [0.25, 0.3) is 0 Å². The van der Waals surface area contributed by atoms with E-state index in [0.29, 0.717) is 0 Å². The van der Waals surface area contributed by atoms with Crippen molar-refractivity contribution in [3.63, 3.8) is 0 Å². The number of carbonyl (C=O) groups excluding carboxylic acids is 2. The number of anilines is 2. The Bertz CT molecular complexity index is 724. The molecule has 0 fully saturated rings. The fourth-order valence-corrected chi connectivity index (χ4v) is 5.21. The second-order valence-electron chi connectivity index (χ2n) is 4.74. The zero-order valence-electron chi connectivity index (χ0n) is 12.8. The van der Waals surface area contributed by atoms with Crippen LogP contribution < -0.4 is 15.5 Å². The first kappa shape index (κ1) is 20.9. The number of amides is 3. The van der Waals surface area contributed by atoms with E-state index in [1.807, 2.05) is 0 Å². The van der Waals surface area contributed by atoms with Crippen molar-refractivity contribution >= 4 is 77.1 Å². The molecule has 3 amide bonds. The van der Waals surface area contributed by atoms with Gasteiger partial charge in [0.1, 0.15) is 6.23 Å². The highest BCUT2D eigenvalue weighted by atomic mass is 79.9. The summed E-state index contributed by atoms with van der Waals surface area (Å²) in [6, 6.07) is -0.999. The maximum absolute atomic E-state index is 11.7. The van der Waals surface area contributed by atoms with Crippen molar-refractivity contribution in [1.82, 2.24) is 0 Å². The van der Waals surface area contributed by atoms with Gasteiger partial charge in [-0.2, -0.15) is 0 Å². The van der Waals surface area contributed by atoms with Gasteiger partial charge in [-0.15, -0.1) is 0 Å². The van der Waals surface area contributed by atoms with Gasteiger partial charge in [0.2, 0.25) is 5.91 Å². The molecule has 0 bridgehead atoms. The number of aliphatic hydroxyl groups excluding tert-OH is 1. The predicted molar refractivity (Wildman–Crippen MR) is 99.3 cm³/mol. The molecule has 4 N–H and O–H groups in total. The number of rotatable bonds is 4. The first-order valence-corrected chi connectivity index (χ1v) is 8.76. The van der Waals surface area contributed by atoms with Crippen LogP contribution in [-0.4, -0.2) is 41.4 Å². The fraction of sp³-hybridized carbons (Fsp3) is 0.308. The summed E-state index contributed by atoms with van der Waals surface area (Å²) in [5, 5.41) is 19.4. The van der Waals surface area contributed by atoms with Crippen molar-refractivity contribution in [2.45, 2.75) is 20.1 Å². The summed E-state index contributed by atoms with van der Waals surface area (Å²) in [4.78, 5) is 37.1. The zero-order chi connectivity index (χ0) is 18.9. The number of hydrogen-bond acceptors (Lipinski definition) is 4. The monoisotopic (exact) mass is 529 g/mol. The fourth-order valence-electron chi connectivity index (χ4n) is 1.97. The maximum atomic E-state index is 11.7. The van der Waals surface area contributed by atoms with E-state index in [1.165, 1.54) is 25.8 Å². The zero-order valence-corrected chi connectivity index (χ0v) is 17.6. The number of carboxylic acids is 1. The second kappa shape index (κ2) is 7.81. The molecule has 0 aliphatic carbocycles. The topological polar surface area (TPSA) is 124 Å². The molecule has 0 aromatic heterocycles. The SMILES string of the molecule is CC(=O)N(C)c1c(Br)c(C(=O)O)c(Br)c(N(C(N)=O)C(C)O)c1Br. The van der Waals surface area contributed by atoms with E-state index < -0.39 is 18.2 Å². The van der Waals surface area contributed by atoms with E-state index in [4.69, 9.17) is 5.73 Å². The maximum Gasteiger partial charge on any atom is 0.338 e. The molecule has 0 heterocycles. The summed E-state index contributed by atoms with van der Waals surface area (Å²) in [7, 11) is 1.44. The molecule has 24 heavy (non-hydrogen) atoms. The van der Waals surface area contributed by atoms with Crippen molar-refractivity contribution in [1.29, 1.82) is 0 Å². The Balaban J connectivity index is 3.99. The Morgan fingerprint density at radius 2 is 1.54 bits per heavy atom. The smallest absolute Gasteiger partial charge is 0.338 e. The third-order valence-electron chi connectivity index (χ3n) is 3.14. The van der Waals surface area contributed by atoms with Gasteiger partial charge in [-0.05, 0) is 54.7 Å². The van der Waals surface area contributed by atoms with Crippen molar-refractivity contribution in [2.24, 2.45) is 5.73 Å². The summed E-state index contributed by atoms with van der Waals surface area (Å²) >= 11 is 9.58. The molecule has 11 heteroatoms. The highest BCUT2D eigenvalue weighted by Crippen LogP contribution is 2.48. The van der Waals surface area contributed by atoms with Gasteiger partial charge in [-0.1, -0.05) is 0 Å². The van der Waals surface area contributed by atoms with Crippen LogP contribution in [0.1, 0.15) is 24.2 Å². The highest BCUT2D eigenvalue weighted by Gasteiger charge is 2.32. The van der Waals surface area contributed by atoms with Gasteiger partial charge in [0, 0.05) is 14.0 Å². The third-order valence-corrected chi connectivity index (χ3v) is 5.44. The number of halogens is 3.